The molecule has 2 N–H and O–H groups in total. The van der Waals surface area contributed by atoms with Crippen LogP contribution in [0.15, 0.2) is 90.0 Å². The van der Waals surface area contributed by atoms with Gasteiger partial charge in [0.15, 0.2) is 0 Å². The van der Waals surface area contributed by atoms with Gasteiger partial charge in [-0.25, -0.2) is 4.79 Å². The van der Waals surface area contributed by atoms with E-state index in [1.165, 1.54) is 6.08 Å². The van der Waals surface area contributed by atoms with Gasteiger partial charge in [0.2, 0.25) is 0 Å². The summed E-state index contributed by atoms with van der Waals surface area (Å²) in [4.78, 5) is 26.7. The van der Waals surface area contributed by atoms with Gasteiger partial charge in [0, 0.05) is 30.9 Å². The summed E-state index contributed by atoms with van der Waals surface area (Å²) in [6, 6.07) is 20.2. The number of nitrogens with zero attached hydrogens (tertiary/aromatic N) is 1. The summed E-state index contributed by atoms with van der Waals surface area (Å²) in [7, 11) is 0. The van der Waals surface area contributed by atoms with E-state index in [1.807, 2.05) is 42.5 Å². The minimum atomic E-state index is -4.43. The fourth-order valence-electron chi connectivity index (χ4n) is 5.38. The van der Waals surface area contributed by atoms with Gasteiger partial charge >= 0.3 is 12.1 Å². The van der Waals surface area contributed by atoms with Crippen molar-refractivity contribution in [2.45, 2.75) is 38.4 Å². The topological polar surface area (TPSA) is 69.6 Å². The number of halogens is 3. The molecule has 0 unspecified atom stereocenters. The molecule has 40 heavy (non-hydrogen) atoms. The third-order valence-corrected chi connectivity index (χ3v) is 7.35. The second-order valence-electron chi connectivity index (χ2n) is 10.0. The van der Waals surface area contributed by atoms with Gasteiger partial charge in [0.1, 0.15) is 0 Å². The Bertz CT molecular complexity index is 1490. The summed E-state index contributed by atoms with van der Waals surface area (Å²) in [6.07, 6.45) is 0.894. The lowest BCUT2D eigenvalue weighted by molar-refractivity contribution is -0.0899. The number of amides is 1. The van der Waals surface area contributed by atoms with Crippen LogP contribution in [0.5, 0.6) is 0 Å². The molecule has 1 aliphatic heterocycles. The van der Waals surface area contributed by atoms with E-state index in [0.29, 0.717) is 30.5 Å². The normalized spacial score (nSPS) is 15.1. The van der Waals surface area contributed by atoms with Gasteiger partial charge in [0.25, 0.3) is 5.91 Å². The van der Waals surface area contributed by atoms with Crippen molar-refractivity contribution in [2.24, 2.45) is 0 Å². The number of carboxylic acid groups (broad SMARTS) is 1. The van der Waals surface area contributed by atoms with Gasteiger partial charge in [-0.05, 0) is 77.8 Å². The van der Waals surface area contributed by atoms with E-state index in [-0.39, 0.29) is 17.7 Å². The van der Waals surface area contributed by atoms with Gasteiger partial charge in [-0.15, -0.1) is 0 Å². The molecule has 5 rings (SSSR count). The fraction of sp³-hybridized carbons (Fsp3) is 0.250. The van der Waals surface area contributed by atoms with Crippen molar-refractivity contribution >= 4 is 17.6 Å². The van der Waals surface area contributed by atoms with Crippen molar-refractivity contribution < 1.29 is 27.9 Å². The summed E-state index contributed by atoms with van der Waals surface area (Å²) in [5, 5.41) is 12.2. The first-order valence-electron chi connectivity index (χ1n) is 13.2. The highest BCUT2D eigenvalue weighted by molar-refractivity contribution is 5.96. The van der Waals surface area contributed by atoms with Gasteiger partial charge in [-0.2, -0.15) is 13.2 Å². The number of hydrogen-bond donors (Lipinski definition) is 2. The van der Waals surface area contributed by atoms with Gasteiger partial charge in [-0.3, -0.25) is 4.79 Å². The Morgan fingerprint density at radius 1 is 0.950 bits per heavy atom. The van der Waals surface area contributed by atoms with Crippen LogP contribution in [0.4, 0.5) is 18.9 Å². The molecule has 2 aliphatic rings. The number of nitrogens with one attached hydrogen (secondary N) is 1. The van der Waals surface area contributed by atoms with Crippen LogP contribution in [-0.4, -0.2) is 36.2 Å². The van der Waals surface area contributed by atoms with Gasteiger partial charge in [-0.1, -0.05) is 54.6 Å². The van der Waals surface area contributed by atoms with Crippen LogP contribution in [0, 0.1) is 0 Å². The molecule has 0 saturated heterocycles. The first kappa shape index (κ1) is 27.2. The average molecular weight is 547 g/mol. The maximum Gasteiger partial charge on any atom is 0.416 e. The number of anilines is 1. The fourth-order valence-corrected chi connectivity index (χ4v) is 5.38. The van der Waals surface area contributed by atoms with E-state index >= 15 is 0 Å². The third kappa shape index (κ3) is 5.96. The Morgan fingerprint density at radius 2 is 1.70 bits per heavy atom. The molecule has 5 nitrogen and oxygen atoms in total. The van der Waals surface area contributed by atoms with Crippen LogP contribution >= 0.6 is 0 Å². The van der Waals surface area contributed by atoms with Crippen LogP contribution in [0.1, 0.15) is 51.1 Å². The molecule has 1 heterocycles. The zero-order valence-corrected chi connectivity index (χ0v) is 21.8. The van der Waals surface area contributed by atoms with Crippen LogP contribution < -0.4 is 10.2 Å². The van der Waals surface area contributed by atoms with E-state index < -0.39 is 23.6 Å². The van der Waals surface area contributed by atoms with Crippen LogP contribution in [0.3, 0.4) is 0 Å². The minimum Gasteiger partial charge on any atom is -0.478 e. The molecule has 0 atom stereocenters. The lowest BCUT2D eigenvalue weighted by Gasteiger charge is -2.32. The SMILES string of the molecule is O=C(NCC1=CCCC=C1C(F)(F)F)c1ccc2c(c1)CCCN2Cc1ccc(-c2ccccc2C(=O)O)cc1. The predicted octanol–water partition coefficient (Wildman–Crippen LogP) is 6.94. The van der Waals surface area contributed by atoms with Crippen molar-refractivity contribution in [3.8, 4) is 11.1 Å². The summed E-state index contributed by atoms with van der Waals surface area (Å²) >= 11 is 0. The smallest absolute Gasteiger partial charge is 0.416 e. The molecule has 0 aromatic heterocycles. The van der Waals surface area contributed by atoms with Gasteiger partial charge in [0.05, 0.1) is 11.1 Å². The quantitative estimate of drug-likeness (QED) is 0.337. The number of alkyl halides is 3. The molecular formula is C32H29F3N2O3. The molecule has 3 aromatic carbocycles. The first-order valence-corrected chi connectivity index (χ1v) is 13.2. The first-order chi connectivity index (χ1) is 19.2. The van der Waals surface area contributed by atoms with E-state index in [9.17, 15) is 27.9 Å². The van der Waals surface area contributed by atoms with Crippen molar-refractivity contribution in [1.82, 2.24) is 5.32 Å². The van der Waals surface area contributed by atoms with E-state index in [1.54, 1.807) is 30.3 Å². The number of rotatable bonds is 7. The molecule has 206 valence electrons. The monoisotopic (exact) mass is 546 g/mol. The van der Waals surface area contributed by atoms with E-state index in [2.05, 4.69) is 10.2 Å². The van der Waals surface area contributed by atoms with Crippen LogP contribution in [0.25, 0.3) is 11.1 Å². The lowest BCUT2D eigenvalue weighted by atomic mass is 9.96. The molecule has 0 radical (unpaired) electrons. The van der Waals surface area contributed by atoms with Crippen molar-refractivity contribution in [3.05, 3.63) is 112 Å². The number of aromatic carboxylic acids is 1. The van der Waals surface area contributed by atoms with Crippen molar-refractivity contribution in [2.75, 3.05) is 18.0 Å². The molecule has 0 bridgehead atoms. The maximum atomic E-state index is 13.3. The Balaban J connectivity index is 1.26. The standard InChI is InChI=1S/C32H29F3N2O3/c33-32(34,35)28-10-4-1-6-25(28)19-36-30(38)24-15-16-29-23(18-24)7-5-17-37(29)20-21-11-13-22(14-12-21)26-8-2-3-9-27(26)31(39)40/h2-3,6,8-16,18H,1,4-5,7,17,19-20H2,(H,36,38)(H,39,40). The molecule has 1 aliphatic carbocycles. The number of carbonyl (C=O) groups excluding carboxylic acids is 1. The second kappa shape index (κ2) is 11.4. The van der Waals surface area contributed by atoms with Crippen molar-refractivity contribution in [1.29, 1.82) is 0 Å². The molecule has 0 spiro atoms. The van der Waals surface area contributed by atoms with E-state index in [0.717, 1.165) is 41.8 Å². The summed E-state index contributed by atoms with van der Waals surface area (Å²) < 4.78 is 39.9. The summed E-state index contributed by atoms with van der Waals surface area (Å²) in [5.41, 5.74) is 4.75. The molecule has 0 fully saturated rings. The number of fused-ring (bicyclic) bond motifs is 1. The Labute approximate surface area is 230 Å². The zero-order chi connectivity index (χ0) is 28.3. The molecule has 8 heteroatoms. The highest BCUT2D eigenvalue weighted by atomic mass is 19.4. The number of carbonyl (C=O) groups is 2. The molecule has 1 amide bonds. The highest BCUT2D eigenvalue weighted by Crippen LogP contribution is 2.34. The number of benzene rings is 3. The average Bonchev–Trinajstić information content (AvgIpc) is 2.96. The van der Waals surface area contributed by atoms with Gasteiger partial charge < -0.3 is 15.3 Å². The number of carboxylic acids is 1. The minimum absolute atomic E-state index is 0.105. The molecule has 0 saturated carbocycles. The van der Waals surface area contributed by atoms with Crippen LogP contribution in [-0.2, 0) is 13.0 Å². The second-order valence-corrected chi connectivity index (χ2v) is 10.0. The van der Waals surface area contributed by atoms with Crippen LogP contribution in [0.2, 0.25) is 0 Å². The predicted molar refractivity (Wildman–Crippen MR) is 148 cm³/mol. The number of aryl methyl sites for hydroxylation is 1. The summed E-state index contributed by atoms with van der Waals surface area (Å²) in [5.74, 6) is -1.36. The number of hydrogen-bond acceptors (Lipinski definition) is 3. The molecule has 3 aromatic rings. The maximum absolute atomic E-state index is 13.3. The highest BCUT2D eigenvalue weighted by Gasteiger charge is 2.36. The summed E-state index contributed by atoms with van der Waals surface area (Å²) in [6.45, 7) is 1.34. The third-order valence-electron chi connectivity index (χ3n) is 7.35. The van der Waals surface area contributed by atoms with E-state index in [4.69, 9.17) is 0 Å². The molecular weight excluding hydrogens is 517 g/mol. The Kier molecular flexibility index (Phi) is 7.78. The Morgan fingerprint density at radius 3 is 2.45 bits per heavy atom. The lowest BCUT2D eigenvalue weighted by Crippen LogP contribution is -2.31. The zero-order valence-electron chi connectivity index (χ0n) is 21.8. The Hall–Kier alpha value is -4.33. The number of allylic oxidation sites excluding steroid dienone is 2. The van der Waals surface area contributed by atoms with Crippen molar-refractivity contribution in [3.63, 3.8) is 0 Å². The largest absolute Gasteiger partial charge is 0.478 e.